The molecule has 1 aliphatic heterocycles. The summed E-state index contributed by atoms with van der Waals surface area (Å²) in [5.74, 6) is 0.772. The second-order valence-corrected chi connectivity index (χ2v) is 9.14. The molecule has 31 heavy (non-hydrogen) atoms. The average molecular weight is 473 g/mol. The van der Waals surface area contributed by atoms with Crippen molar-refractivity contribution in [2.75, 3.05) is 12.4 Å². The molecule has 5 nitrogen and oxygen atoms in total. The summed E-state index contributed by atoms with van der Waals surface area (Å²) in [5.41, 5.74) is 1.79. The summed E-state index contributed by atoms with van der Waals surface area (Å²) in [5, 5.41) is 2.62. The molecule has 4 aromatic rings. The van der Waals surface area contributed by atoms with E-state index in [0.717, 1.165) is 41.4 Å². The molecule has 8 heteroatoms. The second kappa shape index (κ2) is 8.71. The van der Waals surface area contributed by atoms with E-state index >= 15 is 0 Å². The smallest absolute Gasteiger partial charge is 0.345 e. The van der Waals surface area contributed by atoms with Crippen molar-refractivity contribution in [1.82, 2.24) is 9.55 Å². The van der Waals surface area contributed by atoms with Crippen molar-refractivity contribution in [3.8, 4) is 16.9 Å². The number of halogens is 2. The highest BCUT2D eigenvalue weighted by atomic mass is 35.5. The molecule has 0 aliphatic carbocycles. The molecule has 0 N–H and O–H groups in total. The molecule has 3 heterocycles. The highest BCUT2D eigenvalue weighted by Gasteiger charge is 2.21. The first-order chi connectivity index (χ1) is 15.1. The van der Waals surface area contributed by atoms with Gasteiger partial charge < -0.3 is 9.15 Å². The summed E-state index contributed by atoms with van der Waals surface area (Å²) < 4.78 is 13.2. The number of nitrogens with zero attached hydrogens (tertiary/aromatic N) is 2. The molecule has 2 aromatic carbocycles. The number of hydrogen-bond donors (Lipinski definition) is 0. The van der Waals surface area contributed by atoms with Gasteiger partial charge in [0.05, 0.1) is 28.1 Å². The number of para-hydroxylation sites is 1. The van der Waals surface area contributed by atoms with Gasteiger partial charge in [-0.05, 0) is 43.2 Å². The molecular weight excluding hydrogens is 455 g/mol. The number of aromatic nitrogens is 2. The van der Waals surface area contributed by atoms with Gasteiger partial charge in [0.25, 0.3) is 0 Å². The molecular formula is C23H18Cl2N2O3S. The van der Waals surface area contributed by atoms with Crippen molar-refractivity contribution in [2.24, 2.45) is 0 Å². The van der Waals surface area contributed by atoms with Crippen LogP contribution in [-0.2, 0) is 4.74 Å². The molecule has 1 atom stereocenters. The minimum absolute atomic E-state index is 0.199. The van der Waals surface area contributed by atoms with E-state index in [9.17, 15) is 4.79 Å². The van der Waals surface area contributed by atoms with Crippen LogP contribution in [0.1, 0.15) is 12.8 Å². The lowest BCUT2D eigenvalue weighted by atomic mass is 10.1. The number of ether oxygens (including phenoxy) is 1. The van der Waals surface area contributed by atoms with Gasteiger partial charge in [-0.3, -0.25) is 4.57 Å². The van der Waals surface area contributed by atoms with E-state index < -0.39 is 5.63 Å². The van der Waals surface area contributed by atoms with Crippen LogP contribution in [0.5, 0.6) is 0 Å². The molecule has 1 fully saturated rings. The fourth-order valence-corrected chi connectivity index (χ4v) is 5.18. The van der Waals surface area contributed by atoms with E-state index in [1.165, 1.54) is 0 Å². The maximum Gasteiger partial charge on any atom is 0.345 e. The van der Waals surface area contributed by atoms with Gasteiger partial charge in [0.2, 0.25) is 0 Å². The first-order valence-corrected chi connectivity index (χ1v) is 11.6. The van der Waals surface area contributed by atoms with Crippen molar-refractivity contribution in [3.63, 3.8) is 0 Å². The molecule has 0 radical (unpaired) electrons. The van der Waals surface area contributed by atoms with E-state index in [0.29, 0.717) is 26.9 Å². The molecule has 1 saturated heterocycles. The Morgan fingerprint density at radius 2 is 2.03 bits per heavy atom. The molecule has 0 amide bonds. The Morgan fingerprint density at radius 3 is 2.84 bits per heavy atom. The van der Waals surface area contributed by atoms with Gasteiger partial charge in [0.1, 0.15) is 5.58 Å². The van der Waals surface area contributed by atoms with Crippen molar-refractivity contribution < 1.29 is 9.15 Å². The van der Waals surface area contributed by atoms with Crippen LogP contribution in [0.4, 0.5) is 0 Å². The van der Waals surface area contributed by atoms with Gasteiger partial charge >= 0.3 is 5.63 Å². The van der Waals surface area contributed by atoms with Crippen LogP contribution < -0.4 is 5.63 Å². The molecule has 1 unspecified atom stereocenters. The van der Waals surface area contributed by atoms with Gasteiger partial charge in [-0.1, -0.05) is 53.2 Å². The Morgan fingerprint density at radius 1 is 1.16 bits per heavy atom. The largest absolute Gasteiger partial charge is 0.422 e. The first kappa shape index (κ1) is 20.6. The molecule has 0 saturated carbocycles. The average Bonchev–Trinajstić information content (AvgIpc) is 3.42. The summed E-state index contributed by atoms with van der Waals surface area (Å²) in [6.07, 6.45) is 4.13. The third kappa shape index (κ3) is 4.26. The van der Waals surface area contributed by atoms with Crippen LogP contribution in [-0.4, -0.2) is 28.0 Å². The zero-order valence-electron chi connectivity index (χ0n) is 16.4. The summed E-state index contributed by atoms with van der Waals surface area (Å²) >= 11 is 14.1. The SMILES string of the molecule is O=c1oc2ccccc2cc1-c1cn(-c2ccc(Cl)cc2Cl)c(SCC2CCCO2)n1. The van der Waals surface area contributed by atoms with Crippen LogP contribution in [0, 0.1) is 0 Å². The number of thioether (sulfide) groups is 1. The summed E-state index contributed by atoms with van der Waals surface area (Å²) in [4.78, 5) is 17.5. The van der Waals surface area contributed by atoms with Crippen LogP contribution >= 0.6 is 35.0 Å². The lowest BCUT2D eigenvalue weighted by Gasteiger charge is -2.11. The number of fused-ring (bicyclic) bond motifs is 1. The monoisotopic (exact) mass is 472 g/mol. The van der Waals surface area contributed by atoms with E-state index in [4.69, 9.17) is 37.3 Å². The van der Waals surface area contributed by atoms with Crippen molar-refractivity contribution in [1.29, 1.82) is 0 Å². The third-order valence-electron chi connectivity index (χ3n) is 5.18. The minimum Gasteiger partial charge on any atom is -0.422 e. The Balaban J connectivity index is 1.60. The fourth-order valence-electron chi connectivity index (χ4n) is 3.63. The number of imidazole rings is 1. The minimum atomic E-state index is -0.429. The Kier molecular flexibility index (Phi) is 5.80. The van der Waals surface area contributed by atoms with Crippen molar-refractivity contribution in [3.05, 3.63) is 75.2 Å². The highest BCUT2D eigenvalue weighted by molar-refractivity contribution is 7.99. The lowest BCUT2D eigenvalue weighted by Crippen LogP contribution is -2.09. The molecule has 158 valence electrons. The van der Waals surface area contributed by atoms with E-state index in [-0.39, 0.29) is 6.10 Å². The van der Waals surface area contributed by atoms with Crippen LogP contribution in [0.15, 0.2) is 69.1 Å². The first-order valence-electron chi connectivity index (χ1n) is 9.91. The van der Waals surface area contributed by atoms with Crippen LogP contribution in [0.2, 0.25) is 10.0 Å². The van der Waals surface area contributed by atoms with E-state index in [1.807, 2.05) is 41.1 Å². The normalized spacial score (nSPS) is 16.3. The standard InChI is InChI=1S/C23H18Cl2N2O3S/c24-15-7-8-20(18(25)11-15)27-12-19(26-23(27)31-13-16-5-3-9-29-16)17-10-14-4-1-2-6-21(14)30-22(17)28/h1-2,4,6-8,10-12,16H,3,5,9,13H2. The zero-order valence-corrected chi connectivity index (χ0v) is 18.7. The van der Waals surface area contributed by atoms with Crippen molar-refractivity contribution >= 4 is 45.9 Å². The molecule has 0 spiro atoms. The number of hydrogen-bond acceptors (Lipinski definition) is 5. The predicted molar refractivity (Wildman–Crippen MR) is 125 cm³/mol. The van der Waals surface area contributed by atoms with Gasteiger partial charge in [-0.2, -0.15) is 0 Å². The second-order valence-electron chi connectivity index (χ2n) is 7.31. The Hall–Kier alpha value is -2.25. The Labute approximate surface area is 192 Å². The summed E-state index contributed by atoms with van der Waals surface area (Å²) in [6, 6.07) is 14.5. The number of benzene rings is 2. The maximum atomic E-state index is 12.7. The fraction of sp³-hybridized carbons (Fsp3) is 0.217. The summed E-state index contributed by atoms with van der Waals surface area (Å²) in [6.45, 7) is 0.798. The third-order valence-corrected chi connectivity index (χ3v) is 6.80. The van der Waals surface area contributed by atoms with Crippen LogP contribution in [0.3, 0.4) is 0 Å². The zero-order chi connectivity index (χ0) is 21.4. The van der Waals surface area contributed by atoms with Crippen LogP contribution in [0.25, 0.3) is 27.9 Å². The van der Waals surface area contributed by atoms with Gasteiger partial charge in [0.15, 0.2) is 5.16 Å². The van der Waals surface area contributed by atoms with Gasteiger partial charge in [-0.25, -0.2) is 9.78 Å². The maximum absolute atomic E-state index is 12.7. The van der Waals surface area contributed by atoms with Gasteiger partial charge in [0, 0.05) is 29.0 Å². The van der Waals surface area contributed by atoms with Crippen molar-refractivity contribution in [2.45, 2.75) is 24.1 Å². The predicted octanol–water partition coefficient (Wildman–Crippen LogP) is 6.22. The van der Waals surface area contributed by atoms with E-state index in [1.54, 1.807) is 30.0 Å². The Bertz CT molecular complexity index is 1310. The summed E-state index contributed by atoms with van der Waals surface area (Å²) in [7, 11) is 0. The molecule has 5 rings (SSSR count). The molecule has 0 bridgehead atoms. The van der Waals surface area contributed by atoms with E-state index in [2.05, 4.69) is 0 Å². The molecule has 1 aliphatic rings. The topological polar surface area (TPSA) is 57.3 Å². The highest BCUT2D eigenvalue weighted by Crippen LogP contribution is 2.33. The van der Waals surface area contributed by atoms with Gasteiger partial charge in [-0.15, -0.1) is 0 Å². The number of rotatable bonds is 5. The quantitative estimate of drug-likeness (QED) is 0.254. The lowest BCUT2D eigenvalue weighted by molar-refractivity contribution is 0.129. The molecule has 2 aromatic heterocycles.